The summed E-state index contributed by atoms with van der Waals surface area (Å²) < 4.78 is 4.66. The maximum absolute atomic E-state index is 7.97. The van der Waals surface area contributed by atoms with Gasteiger partial charge in [0.05, 0.1) is 18.7 Å². The standard InChI is InChI=1S/C5H5NO2/c7-6-3-5-1-2-8-4-5/h1-4,7H/b6-3+. The topological polar surface area (TPSA) is 45.7 Å². The Morgan fingerprint density at radius 3 is 3.12 bits per heavy atom. The molecule has 0 aliphatic heterocycles. The lowest BCUT2D eigenvalue weighted by molar-refractivity contribution is 0.322. The molecule has 0 saturated heterocycles. The molecule has 0 aliphatic rings. The van der Waals surface area contributed by atoms with E-state index >= 15 is 0 Å². The first kappa shape index (κ1) is 4.90. The van der Waals surface area contributed by atoms with E-state index < -0.39 is 0 Å². The number of nitrogens with zero attached hydrogens (tertiary/aromatic N) is 1. The fourth-order valence-corrected chi connectivity index (χ4v) is 0.415. The Morgan fingerprint density at radius 1 is 1.75 bits per heavy atom. The molecule has 0 saturated carbocycles. The molecule has 1 heterocycles. The van der Waals surface area contributed by atoms with Crippen LogP contribution in [0.15, 0.2) is 28.2 Å². The van der Waals surface area contributed by atoms with Crippen molar-refractivity contribution >= 4 is 6.21 Å². The van der Waals surface area contributed by atoms with Crippen molar-refractivity contribution in [1.29, 1.82) is 0 Å². The zero-order chi connectivity index (χ0) is 5.82. The largest absolute Gasteiger partial charge is 0.472 e. The molecule has 0 radical (unpaired) electrons. The van der Waals surface area contributed by atoms with Gasteiger partial charge in [-0.15, -0.1) is 0 Å². The van der Waals surface area contributed by atoms with Gasteiger partial charge in [-0.2, -0.15) is 0 Å². The summed E-state index contributed by atoms with van der Waals surface area (Å²) in [7, 11) is 0. The Hall–Kier alpha value is -1.25. The van der Waals surface area contributed by atoms with Gasteiger partial charge in [0, 0.05) is 5.56 Å². The number of furan rings is 1. The highest BCUT2D eigenvalue weighted by atomic mass is 16.4. The fraction of sp³-hybridized carbons (Fsp3) is 0. The fourth-order valence-electron chi connectivity index (χ4n) is 0.415. The van der Waals surface area contributed by atoms with Crippen LogP contribution in [0.1, 0.15) is 5.56 Å². The average molecular weight is 111 g/mol. The molecule has 0 spiro atoms. The SMILES string of the molecule is O/N=C/c1ccoc1. The van der Waals surface area contributed by atoms with Gasteiger partial charge in [-0.05, 0) is 6.07 Å². The average Bonchev–Trinajstić information content (AvgIpc) is 2.19. The van der Waals surface area contributed by atoms with Crippen molar-refractivity contribution in [2.45, 2.75) is 0 Å². The van der Waals surface area contributed by atoms with Crippen LogP contribution in [-0.4, -0.2) is 11.4 Å². The molecular formula is C5H5NO2. The Kier molecular flexibility index (Phi) is 1.32. The van der Waals surface area contributed by atoms with Gasteiger partial charge in [0.25, 0.3) is 0 Å². The molecule has 1 aromatic heterocycles. The molecule has 8 heavy (non-hydrogen) atoms. The van der Waals surface area contributed by atoms with Gasteiger partial charge in [0.1, 0.15) is 0 Å². The monoisotopic (exact) mass is 111 g/mol. The van der Waals surface area contributed by atoms with Crippen molar-refractivity contribution in [3.8, 4) is 0 Å². The molecule has 0 bridgehead atoms. The molecule has 3 nitrogen and oxygen atoms in total. The van der Waals surface area contributed by atoms with Crippen LogP contribution in [0.4, 0.5) is 0 Å². The molecule has 3 heteroatoms. The van der Waals surface area contributed by atoms with Crippen molar-refractivity contribution in [3.63, 3.8) is 0 Å². The lowest BCUT2D eigenvalue weighted by atomic mass is 10.4. The molecule has 0 fully saturated rings. The summed E-state index contributed by atoms with van der Waals surface area (Å²) in [6.45, 7) is 0. The Morgan fingerprint density at radius 2 is 2.62 bits per heavy atom. The van der Waals surface area contributed by atoms with Crippen molar-refractivity contribution < 1.29 is 9.62 Å². The number of hydrogen-bond acceptors (Lipinski definition) is 3. The van der Waals surface area contributed by atoms with Crippen LogP contribution in [0.2, 0.25) is 0 Å². The second kappa shape index (κ2) is 2.16. The predicted octanol–water partition coefficient (Wildman–Crippen LogP) is 1.09. The van der Waals surface area contributed by atoms with E-state index in [2.05, 4.69) is 9.57 Å². The third-order valence-electron chi connectivity index (χ3n) is 0.750. The van der Waals surface area contributed by atoms with Gasteiger partial charge < -0.3 is 9.62 Å². The maximum Gasteiger partial charge on any atom is 0.0991 e. The van der Waals surface area contributed by atoms with Gasteiger partial charge in [0.15, 0.2) is 0 Å². The predicted molar refractivity (Wildman–Crippen MR) is 28.1 cm³/mol. The van der Waals surface area contributed by atoms with Crippen LogP contribution in [0.3, 0.4) is 0 Å². The van der Waals surface area contributed by atoms with Crippen molar-refractivity contribution in [2.24, 2.45) is 5.16 Å². The van der Waals surface area contributed by atoms with E-state index in [1.165, 1.54) is 18.7 Å². The summed E-state index contributed by atoms with van der Waals surface area (Å²) in [6, 6.07) is 1.69. The molecule has 0 aliphatic carbocycles. The Balaban J connectivity index is 2.77. The van der Waals surface area contributed by atoms with Gasteiger partial charge in [-0.25, -0.2) is 0 Å². The van der Waals surface area contributed by atoms with E-state index in [-0.39, 0.29) is 0 Å². The zero-order valence-corrected chi connectivity index (χ0v) is 4.11. The zero-order valence-electron chi connectivity index (χ0n) is 4.11. The summed E-state index contributed by atoms with van der Waals surface area (Å²) in [5.74, 6) is 0. The minimum atomic E-state index is 0.757. The van der Waals surface area contributed by atoms with E-state index in [1.807, 2.05) is 0 Å². The van der Waals surface area contributed by atoms with Crippen molar-refractivity contribution in [3.05, 3.63) is 24.2 Å². The maximum atomic E-state index is 7.97. The molecule has 0 aromatic carbocycles. The highest BCUT2D eigenvalue weighted by Gasteiger charge is 1.83. The van der Waals surface area contributed by atoms with E-state index in [0.717, 1.165) is 5.56 Å². The second-order valence-electron chi connectivity index (χ2n) is 1.30. The highest BCUT2D eigenvalue weighted by molar-refractivity contribution is 5.78. The quantitative estimate of drug-likeness (QED) is 0.335. The number of oxime groups is 1. The summed E-state index contributed by atoms with van der Waals surface area (Å²) in [5.41, 5.74) is 0.757. The summed E-state index contributed by atoms with van der Waals surface area (Å²) in [4.78, 5) is 0. The number of hydrogen-bond donors (Lipinski definition) is 1. The van der Waals surface area contributed by atoms with Crippen LogP contribution in [0.5, 0.6) is 0 Å². The highest BCUT2D eigenvalue weighted by Crippen LogP contribution is 1.93. The molecule has 0 atom stereocenters. The van der Waals surface area contributed by atoms with Gasteiger partial charge in [0.2, 0.25) is 0 Å². The van der Waals surface area contributed by atoms with E-state index in [4.69, 9.17) is 5.21 Å². The first-order valence-electron chi connectivity index (χ1n) is 2.13. The van der Waals surface area contributed by atoms with Crippen LogP contribution < -0.4 is 0 Å². The van der Waals surface area contributed by atoms with E-state index in [1.54, 1.807) is 6.07 Å². The first-order valence-corrected chi connectivity index (χ1v) is 2.13. The van der Waals surface area contributed by atoms with Gasteiger partial charge in [-0.3, -0.25) is 0 Å². The third kappa shape index (κ3) is 0.872. The lowest BCUT2D eigenvalue weighted by Gasteiger charge is -1.71. The minimum Gasteiger partial charge on any atom is -0.472 e. The molecule has 0 unspecified atom stereocenters. The molecule has 1 rings (SSSR count). The second-order valence-corrected chi connectivity index (χ2v) is 1.30. The minimum absolute atomic E-state index is 0.757. The van der Waals surface area contributed by atoms with Crippen LogP contribution in [0, 0.1) is 0 Å². The summed E-state index contributed by atoms with van der Waals surface area (Å²) in [6.07, 6.45) is 4.29. The molecular weight excluding hydrogens is 106 g/mol. The number of rotatable bonds is 1. The normalized spacial score (nSPS) is 10.5. The molecule has 1 N–H and O–H groups in total. The van der Waals surface area contributed by atoms with Crippen LogP contribution in [-0.2, 0) is 0 Å². The Labute approximate surface area is 46.2 Å². The summed E-state index contributed by atoms with van der Waals surface area (Å²) in [5, 5.41) is 10.8. The molecule has 0 amide bonds. The van der Waals surface area contributed by atoms with Crippen molar-refractivity contribution in [1.82, 2.24) is 0 Å². The summed E-state index contributed by atoms with van der Waals surface area (Å²) >= 11 is 0. The van der Waals surface area contributed by atoms with Gasteiger partial charge >= 0.3 is 0 Å². The van der Waals surface area contributed by atoms with E-state index in [9.17, 15) is 0 Å². The Bertz CT molecular complexity index is 167. The molecule has 1 aromatic rings. The van der Waals surface area contributed by atoms with E-state index in [0.29, 0.717) is 0 Å². The van der Waals surface area contributed by atoms with Gasteiger partial charge in [-0.1, -0.05) is 5.16 Å². The van der Waals surface area contributed by atoms with Crippen LogP contribution in [0.25, 0.3) is 0 Å². The lowest BCUT2D eigenvalue weighted by Crippen LogP contribution is -1.70. The smallest absolute Gasteiger partial charge is 0.0991 e. The first-order chi connectivity index (χ1) is 3.93. The third-order valence-corrected chi connectivity index (χ3v) is 0.750. The van der Waals surface area contributed by atoms with Crippen LogP contribution >= 0.6 is 0 Å². The molecule has 42 valence electrons. The van der Waals surface area contributed by atoms with Crippen molar-refractivity contribution in [2.75, 3.05) is 0 Å².